The third-order valence-corrected chi connectivity index (χ3v) is 4.81. The number of aliphatic hydroxyl groups excluding tert-OH is 1. The molecule has 0 saturated carbocycles. The summed E-state index contributed by atoms with van der Waals surface area (Å²) in [5, 5.41) is 12.0. The number of ether oxygens (including phenoxy) is 1. The van der Waals surface area contributed by atoms with Gasteiger partial charge in [-0.3, -0.25) is 9.59 Å². The van der Waals surface area contributed by atoms with Crippen LogP contribution in [0.5, 0.6) is 5.75 Å². The molecule has 0 saturated heterocycles. The molecule has 0 bridgehead atoms. The van der Waals surface area contributed by atoms with Gasteiger partial charge in [0.1, 0.15) is 5.75 Å². The number of amides is 1. The fourth-order valence-corrected chi connectivity index (χ4v) is 3.43. The molecule has 6 nitrogen and oxygen atoms in total. The first-order chi connectivity index (χ1) is 12.6. The summed E-state index contributed by atoms with van der Waals surface area (Å²) in [4.78, 5) is 29.9. The molecule has 0 spiro atoms. The lowest BCUT2D eigenvalue weighted by atomic mass is 10.1. The van der Waals surface area contributed by atoms with E-state index in [0.717, 1.165) is 11.1 Å². The number of carbonyl (C=O) groups excluding carboxylic acids is 1. The van der Waals surface area contributed by atoms with Crippen LogP contribution in [0.1, 0.15) is 22.2 Å². The zero-order valence-corrected chi connectivity index (χ0v) is 15.2. The second-order valence-electron chi connectivity index (χ2n) is 5.73. The van der Waals surface area contributed by atoms with Gasteiger partial charge in [0, 0.05) is 23.0 Å². The van der Waals surface area contributed by atoms with Crippen molar-refractivity contribution in [2.75, 3.05) is 19.8 Å². The van der Waals surface area contributed by atoms with Crippen LogP contribution in [0.25, 0.3) is 10.9 Å². The lowest BCUT2D eigenvalue weighted by Crippen LogP contribution is -2.34. The number of aromatic amines is 1. The zero-order valence-electron chi connectivity index (χ0n) is 14.4. The fraction of sp³-hybridized carbons (Fsp3) is 0.263. The number of aromatic nitrogens is 1. The Bertz CT molecular complexity index is 950. The second-order valence-corrected chi connectivity index (χ2v) is 6.68. The molecular weight excluding hydrogens is 352 g/mol. The molecule has 0 radical (unpaired) electrons. The molecule has 2 heterocycles. The lowest BCUT2D eigenvalue weighted by Gasteiger charge is -2.21. The van der Waals surface area contributed by atoms with Crippen LogP contribution in [-0.2, 0) is 6.54 Å². The van der Waals surface area contributed by atoms with E-state index in [1.807, 2.05) is 18.4 Å². The van der Waals surface area contributed by atoms with E-state index < -0.39 is 0 Å². The van der Waals surface area contributed by atoms with Gasteiger partial charge in [0.05, 0.1) is 24.6 Å². The maximum atomic E-state index is 12.6. The summed E-state index contributed by atoms with van der Waals surface area (Å²) < 4.78 is 5.50. The van der Waals surface area contributed by atoms with Gasteiger partial charge in [0.2, 0.25) is 0 Å². The third kappa shape index (κ3) is 3.95. The monoisotopic (exact) mass is 372 g/mol. The summed E-state index contributed by atoms with van der Waals surface area (Å²) >= 11 is 1.33. The van der Waals surface area contributed by atoms with Crippen molar-refractivity contribution in [1.82, 2.24) is 9.88 Å². The highest BCUT2D eigenvalue weighted by Gasteiger charge is 2.18. The molecule has 0 fully saturated rings. The number of nitrogens with zero attached hydrogens (tertiary/aromatic N) is 1. The van der Waals surface area contributed by atoms with E-state index >= 15 is 0 Å². The van der Waals surface area contributed by atoms with Crippen LogP contribution in [0.15, 0.2) is 46.6 Å². The van der Waals surface area contributed by atoms with Crippen LogP contribution in [-0.4, -0.2) is 40.7 Å². The largest absolute Gasteiger partial charge is 0.494 e. The molecule has 2 N–H and O–H groups in total. The number of aliphatic hydroxyl groups is 1. The van der Waals surface area contributed by atoms with E-state index in [1.54, 1.807) is 30.3 Å². The molecule has 136 valence electrons. The van der Waals surface area contributed by atoms with E-state index in [-0.39, 0.29) is 31.2 Å². The number of rotatable bonds is 7. The Morgan fingerprint density at radius 3 is 2.85 bits per heavy atom. The Balaban J connectivity index is 1.93. The minimum atomic E-state index is -0.247. The zero-order chi connectivity index (χ0) is 18.5. The normalized spacial score (nSPS) is 10.8. The Hall–Kier alpha value is -2.64. The first-order valence-electron chi connectivity index (χ1n) is 8.34. The highest BCUT2D eigenvalue weighted by atomic mass is 32.1. The summed E-state index contributed by atoms with van der Waals surface area (Å²) in [7, 11) is 0. The van der Waals surface area contributed by atoms with E-state index in [1.165, 1.54) is 16.2 Å². The highest BCUT2D eigenvalue weighted by Crippen LogP contribution is 2.20. The van der Waals surface area contributed by atoms with Crippen molar-refractivity contribution in [2.24, 2.45) is 0 Å². The molecule has 1 amide bonds. The van der Waals surface area contributed by atoms with Crippen LogP contribution in [0.4, 0.5) is 0 Å². The number of hydrogen-bond acceptors (Lipinski definition) is 5. The summed E-state index contributed by atoms with van der Waals surface area (Å²) in [6.07, 6.45) is 0. The van der Waals surface area contributed by atoms with E-state index in [0.29, 0.717) is 22.6 Å². The summed E-state index contributed by atoms with van der Waals surface area (Å²) in [5.74, 6) is 0.525. The summed E-state index contributed by atoms with van der Waals surface area (Å²) in [6, 6.07) is 10.8. The Morgan fingerprint density at radius 1 is 1.31 bits per heavy atom. The molecule has 3 aromatic rings. The summed E-state index contributed by atoms with van der Waals surface area (Å²) in [5.41, 5.74) is 0.925. The summed E-state index contributed by atoms with van der Waals surface area (Å²) in [6.45, 7) is 2.58. The van der Waals surface area contributed by atoms with Crippen molar-refractivity contribution < 1.29 is 14.6 Å². The molecule has 2 aromatic heterocycles. The third-order valence-electron chi connectivity index (χ3n) is 3.95. The maximum Gasteiger partial charge on any atom is 0.264 e. The van der Waals surface area contributed by atoms with Crippen molar-refractivity contribution in [2.45, 2.75) is 13.5 Å². The molecule has 26 heavy (non-hydrogen) atoms. The van der Waals surface area contributed by atoms with Gasteiger partial charge < -0.3 is 19.7 Å². The predicted octanol–water partition coefficient (Wildman–Crippen LogP) is 2.62. The molecular formula is C19H20N2O4S. The number of benzene rings is 1. The molecule has 3 rings (SSSR count). The number of thiophene rings is 1. The SMILES string of the molecule is CCOc1ccc2[nH]c(=O)c(CN(CCO)C(=O)c3cccs3)cc2c1. The van der Waals surface area contributed by atoms with E-state index in [2.05, 4.69) is 4.98 Å². The molecule has 7 heteroatoms. The van der Waals surface area contributed by atoms with Gasteiger partial charge in [-0.1, -0.05) is 6.07 Å². The number of pyridine rings is 1. The standard InChI is InChI=1S/C19H20N2O4S/c1-2-25-15-5-6-16-13(11-15)10-14(18(23)20-16)12-21(7-8-22)19(24)17-4-3-9-26-17/h3-6,9-11,22H,2,7-8,12H2,1H3,(H,20,23). The van der Waals surface area contributed by atoms with Crippen LogP contribution in [0.2, 0.25) is 0 Å². The average molecular weight is 372 g/mol. The number of hydrogen-bond donors (Lipinski definition) is 2. The predicted molar refractivity (Wildman–Crippen MR) is 102 cm³/mol. The number of H-pyrrole nitrogens is 1. The first kappa shape index (κ1) is 18.2. The number of nitrogens with one attached hydrogen (secondary N) is 1. The van der Waals surface area contributed by atoms with Gasteiger partial charge in [-0.25, -0.2) is 0 Å². The molecule has 0 aliphatic carbocycles. The highest BCUT2D eigenvalue weighted by molar-refractivity contribution is 7.12. The minimum absolute atomic E-state index is 0.126. The smallest absolute Gasteiger partial charge is 0.264 e. The first-order valence-corrected chi connectivity index (χ1v) is 9.22. The Kier molecular flexibility index (Phi) is 5.70. The number of fused-ring (bicyclic) bond motifs is 1. The van der Waals surface area contributed by atoms with Crippen molar-refractivity contribution in [3.63, 3.8) is 0 Å². The second kappa shape index (κ2) is 8.16. The van der Waals surface area contributed by atoms with Gasteiger partial charge >= 0.3 is 0 Å². The average Bonchev–Trinajstić information content (AvgIpc) is 3.16. The molecule has 0 atom stereocenters. The Labute approximate surface area is 154 Å². The van der Waals surface area contributed by atoms with Gasteiger partial charge in [-0.05, 0) is 42.6 Å². The maximum absolute atomic E-state index is 12.6. The van der Waals surface area contributed by atoms with Gasteiger partial charge in [0.15, 0.2) is 0 Å². The van der Waals surface area contributed by atoms with Crippen molar-refractivity contribution in [1.29, 1.82) is 0 Å². The van der Waals surface area contributed by atoms with Gasteiger partial charge in [-0.15, -0.1) is 11.3 Å². The molecule has 1 aromatic carbocycles. The topological polar surface area (TPSA) is 82.6 Å². The molecule has 0 aliphatic heterocycles. The quantitative estimate of drug-likeness (QED) is 0.668. The van der Waals surface area contributed by atoms with Gasteiger partial charge in [0.25, 0.3) is 11.5 Å². The Morgan fingerprint density at radius 2 is 2.15 bits per heavy atom. The molecule has 0 aliphatic rings. The fourth-order valence-electron chi connectivity index (χ4n) is 2.74. The van der Waals surface area contributed by atoms with E-state index in [4.69, 9.17) is 4.74 Å². The lowest BCUT2D eigenvalue weighted by molar-refractivity contribution is 0.0712. The van der Waals surface area contributed by atoms with Crippen LogP contribution in [0, 0.1) is 0 Å². The number of carbonyl (C=O) groups is 1. The van der Waals surface area contributed by atoms with Crippen molar-refractivity contribution in [3.8, 4) is 5.75 Å². The molecule has 0 unspecified atom stereocenters. The van der Waals surface area contributed by atoms with Gasteiger partial charge in [-0.2, -0.15) is 0 Å². The van der Waals surface area contributed by atoms with Crippen molar-refractivity contribution in [3.05, 3.63) is 62.6 Å². The minimum Gasteiger partial charge on any atom is -0.494 e. The van der Waals surface area contributed by atoms with Crippen molar-refractivity contribution >= 4 is 28.1 Å². The van der Waals surface area contributed by atoms with E-state index in [9.17, 15) is 14.7 Å². The van der Waals surface area contributed by atoms with Crippen LogP contribution >= 0.6 is 11.3 Å². The van der Waals surface area contributed by atoms with Crippen LogP contribution in [0.3, 0.4) is 0 Å². The van der Waals surface area contributed by atoms with Crippen LogP contribution < -0.4 is 10.3 Å².